The summed E-state index contributed by atoms with van der Waals surface area (Å²) in [4.78, 5) is 12.4. The van der Waals surface area contributed by atoms with Crippen molar-refractivity contribution in [2.75, 3.05) is 18.4 Å². The fraction of sp³-hybridized carbons (Fsp3) is 0.435. The third kappa shape index (κ3) is 5.08. The van der Waals surface area contributed by atoms with Gasteiger partial charge in [0.2, 0.25) is 5.91 Å². The molecule has 30 heavy (non-hydrogen) atoms. The van der Waals surface area contributed by atoms with Crippen molar-refractivity contribution in [3.8, 4) is 11.5 Å². The van der Waals surface area contributed by atoms with Crippen molar-refractivity contribution in [2.24, 2.45) is 5.92 Å². The largest absolute Gasteiger partial charge is 0.454 e. The monoisotopic (exact) mass is 450 g/mol. The number of ether oxygens (including phenoxy) is 1. The van der Waals surface area contributed by atoms with E-state index in [-0.39, 0.29) is 32.9 Å². The Hall–Kier alpha value is -1.82. The molecule has 2 N–H and O–H groups in total. The lowest BCUT2D eigenvalue weighted by atomic mass is 9.94. The Morgan fingerprint density at radius 2 is 1.83 bits per heavy atom. The Morgan fingerprint density at radius 3 is 2.47 bits per heavy atom. The fourth-order valence-electron chi connectivity index (χ4n) is 3.85. The van der Waals surface area contributed by atoms with E-state index in [1.54, 1.807) is 18.2 Å². The zero-order chi connectivity index (χ0) is 21.3. The number of halogens is 3. The fourth-order valence-corrected chi connectivity index (χ4v) is 4.42. The second kappa shape index (κ2) is 8.74. The topological polar surface area (TPSA) is 50.4 Å². The first-order valence-electron chi connectivity index (χ1n) is 10.3. The zero-order valence-electron chi connectivity index (χ0n) is 16.9. The van der Waals surface area contributed by atoms with Crippen LogP contribution in [0.5, 0.6) is 11.5 Å². The first-order chi connectivity index (χ1) is 14.3. The van der Waals surface area contributed by atoms with E-state index in [1.165, 1.54) is 6.07 Å². The molecule has 2 aromatic rings. The molecule has 2 fully saturated rings. The molecule has 2 aromatic carbocycles. The lowest BCUT2D eigenvalue weighted by molar-refractivity contribution is -0.117. The van der Waals surface area contributed by atoms with E-state index in [9.17, 15) is 9.18 Å². The van der Waals surface area contributed by atoms with Crippen molar-refractivity contribution in [1.82, 2.24) is 5.32 Å². The van der Waals surface area contributed by atoms with Crippen LogP contribution in [-0.4, -0.2) is 19.0 Å². The van der Waals surface area contributed by atoms with Crippen molar-refractivity contribution in [2.45, 2.75) is 44.4 Å². The van der Waals surface area contributed by atoms with E-state index >= 15 is 0 Å². The highest BCUT2D eigenvalue weighted by atomic mass is 35.5. The van der Waals surface area contributed by atoms with Gasteiger partial charge in [-0.25, -0.2) is 4.39 Å². The Labute approximate surface area is 186 Å². The number of carbonyl (C=O) groups excluding carboxylic acids is 1. The van der Waals surface area contributed by atoms with Crippen LogP contribution < -0.4 is 15.4 Å². The maximum Gasteiger partial charge on any atom is 0.224 e. The molecule has 0 atom stereocenters. The van der Waals surface area contributed by atoms with Crippen LogP contribution in [0.2, 0.25) is 10.0 Å². The summed E-state index contributed by atoms with van der Waals surface area (Å²) in [5.74, 6) is 0.562. The number of hydrogen-bond acceptors (Lipinski definition) is 3. The molecular weight excluding hydrogens is 426 g/mol. The van der Waals surface area contributed by atoms with Crippen LogP contribution in [0.4, 0.5) is 10.1 Å². The number of nitrogens with one attached hydrogen (secondary N) is 2. The Kier molecular flexibility index (Phi) is 6.24. The minimum absolute atomic E-state index is 0.0103. The van der Waals surface area contributed by atoms with Crippen LogP contribution in [0.3, 0.4) is 0 Å². The molecule has 0 unspecified atom stereocenters. The molecule has 0 radical (unpaired) electrons. The third-order valence-corrected chi connectivity index (χ3v) is 6.56. The number of amides is 1. The number of piperidine rings is 1. The normalized spacial score (nSPS) is 18.1. The molecule has 2 aliphatic rings. The Morgan fingerprint density at radius 1 is 1.17 bits per heavy atom. The predicted molar refractivity (Wildman–Crippen MR) is 118 cm³/mol. The molecule has 0 aromatic heterocycles. The van der Waals surface area contributed by atoms with Crippen LogP contribution >= 0.6 is 23.2 Å². The second-order valence-corrected chi connectivity index (χ2v) is 9.37. The molecule has 1 aliphatic carbocycles. The molecule has 4 rings (SSSR count). The average Bonchev–Trinajstić information content (AvgIpc) is 3.44. The lowest BCUT2D eigenvalue weighted by Gasteiger charge is -2.22. The van der Waals surface area contributed by atoms with Crippen LogP contribution in [0.15, 0.2) is 30.3 Å². The van der Waals surface area contributed by atoms with Gasteiger partial charge in [0.25, 0.3) is 0 Å². The first kappa shape index (κ1) is 21.4. The van der Waals surface area contributed by atoms with Gasteiger partial charge >= 0.3 is 0 Å². The van der Waals surface area contributed by atoms with Gasteiger partial charge in [0.05, 0.1) is 10.0 Å². The highest BCUT2D eigenvalue weighted by Crippen LogP contribution is 2.49. The number of anilines is 1. The molecule has 1 saturated heterocycles. The lowest BCUT2D eigenvalue weighted by Crippen LogP contribution is -2.30. The molecule has 1 heterocycles. The first-order valence-corrected chi connectivity index (χ1v) is 11.1. The number of rotatable bonds is 6. The molecule has 1 amide bonds. The maximum atomic E-state index is 14.1. The number of benzene rings is 2. The van der Waals surface area contributed by atoms with E-state index in [2.05, 4.69) is 17.6 Å². The number of hydrogen-bond donors (Lipinski definition) is 2. The van der Waals surface area contributed by atoms with Crippen LogP contribution in [-0.2, 0) is 10.2 Å². The van der Waals surface area contributed by atoms with Gasteiger partial charge in [-0.1, -0.05) is 30.1 Å². The highest BCUT2D eigenvalue weighted by Gasteiger charge is 2.39. The summed E-state index contributed by atoms with van der Waals surface area (Å²) < 4.78 is 19.9. The Bertz CT molecular complexity index is 933. The zero-order valence-corrected chi connectivity index (χ0v) is 18.4. The van der Waals surface area contributed by atoms with Crippen molar-refractivity contribution in [1.29, 1.82) is 0 Å². The molecule has 160 valence electrons. The second-order valence-electron chi connectivity index (χ2n) is 8.55. The van der Waals surface area contributed by atoms with Gasteiger partial charge in [-0.15, -0.1) is 0 Å². The summed E-state index contributed by atoms with van der Waals surface area (Å²) in [5, 5.41) is 6.66. The van der Waals surface area contributed by atoms with Gasteiger partial charge in [0.15, 0.2) is 5.75 Å². The van der Waals surface area contributed by atoms with Gasteiger partial charge < -0.3 is 15.4 Å². The number of carbonyl (C=O) groups is 1. The third-order valence-electron chi connectivity index (χ3n) is 6.00. The summed E-state index contributed by atoms with van der Waals surface area (Å²) in [6.07, 6.45) is 4.53. The van der Waals surface area contributed by atoms with Crippen molar-refractivity contribution in [3.05, 3.63) is 51.8 Å². The van der Waals surface area contributed by atoms with Gasteiger partial charge in [-0.3, -0.25) is 4.79 Å². The summed E-state index contributed by atoms with van der Waals surface area (Å²) in [5.41, 5.74) is 1.43. The Balaban J connectivity index is 1.46. The van der Waals surface area contributed by atoms with Crippen molar-refractivity contribution >= 4 is 34.8 Å². The summed E-state index contributed by atoms with van der Waals surface area (Å²) in [6, 6.07) is 7.90. The van der Waals surface area contributed by atoms with E-state index in [0.29, 0.717) is 23.8 Å². The van der Waals surface area contributed by atoms with E-state index in [1.807, 2.05) is 6.07 Å². The minimum atomic E-state index is -0.357. The summed E-state index contributed by atoms with van der Waals surface area (Å²) >= 11 is 12.8. The van der Waals surface area contributed by atoms with Crippen molar-refractivity contribution in [3.63, 3.8) is 0 Å². The van der Waals surface area contributed by atoms with Crippen LogP contribution in [0.25, 0.3) is 0 Å². The molecule has 0 spiro atoms. The van der Waals surface area contributed by atoms with E-state index in [0.717, 1.165) is 44.3 Å². The summed E-state index contributed by atoms with van der Waals surface area (Å²) in [7, 11) is 0. The van der Waals surface area contributed by atoms with E-state index in [4.69, 9.17) is 27.9 Å². The molecule has 1 saturated carbocycles. The van der Waals surface area contributed by atoms with Crippen LogP contribution in [0.1, 0.15) is 44.6 Å². The maximum absolute atomic E-state index is 14.1. The average molecular weight is 451 g/mol. The molecule has 4 nitrogen and oxygen atoms in total. The molecule has 0 bridgehead atoms. The van der Waals surface area contributed by atoms with Crippen molar-refractivity contribution < 1.29 is 13.9 Å². The highest BCUT2D eigenvalue weighted by molar-refractivity contribution is 6.37. The quantitative estimate of drug-likeness (QED) is 0.542. The van der Waals surface area contributed by atoms with Gasteiger partial charge in [0, 0.05) is 18.2 Å². The van der Waals surface area contributed by atoms with E-state index < -0.39 is 0 Å². The molecule has 1 aliphatic heterocycles. The van der Waals surface area contributed by atoms with Gasteiger partial charge in [-0.2, -0.15) is 0 Å². The molecular formula is C23H25Cl2FN2O2. The SMILES string of the molecule is CC1(c2cc(F)cc(Oc3c(Cl)cc(NC(=O)CC4CCNCC4)cc3Cl)c2)CC1. The van der Waals surface area contributed by atoms with Gasteiger partial charge in [0.1, 0.15) is 11.6 Å². The minimum Gasteiger partial charge on any atom is -0.454 e. The standard InChI is InChI=1S/C23H25Cl2FN2O2/c1-23(4-5-23)15-9-16(26)11-18(10-15)30-22-19(24)12-17(13-20(22)25)28-21(29)8-14-2-6-27-7-3-14/h9-14,27H,2-8H2,1H3,(H,28,29). The van der Waals surface area contributed by atoms with Crippen LogP contribution in [0, 0.1) is 11.7 Å². The summed E-state index contributed by atoms with van der Waals surface area (Å²) in [6.45, 7) is 4.00. The predicted octanol–water partition coefficient (Wildman–Crippen LogP) is 6.30. The molecule has 7 heteroatoms. The smallest absolute Gasteiger partial charge is 0.224 e. The van der Waals surface area contributed by atoms with Gasteiger partial charge in [-0.05, 0) is 79.9 Å².